The van der Waals surface area contributed by atoms with Crippen molar-refractivity contribution in [2.75, 3.05) is 6.26 Å². The zero-order valence-corrected chi connectivity index (χ0v) is 19.6. The molecule has 0 aliphatic rings. The second-order valence-electron chi connectivity index (χ2n) is 6.75. The maximum Gasteiger partial charge on any atom is 0.253 e. The molecular formula is C22H15Cl3N2O4S. The molecule has 32 heavy (non-hydrogen) atoms. The largest absolute Gasteiger partial charge is 0.456 e. The van der Waals surface area contributed by atoms with Crippen LogP contribution in [0.25, 0.3) is 0 Å². The molecule has 3 rings (SSSR count). The number of hydrogen-bond donors (Lipinski definition) is 1. The van der Waals surface area contributed by atoms with Gasteiger partial charge in [-0.1, -0.05) is 40.9 Å². The molecule has 0 aliphatic heterocycles. The van der Waals surface area contributed by atoms with E-state index in [1.54, 1.807) is 24.3 Å². The molecule has 0 saturated carbocycles. The Balaban J connectivity index is 1.75. The first kappa shape index (κ1) is 23.9. The van der Waals surface area contributed by atoms with Crippen LogP contribution in [0, 0.1) is 11.3 Å². The lowest BCUT2D eigenvalue weighted by Gasteiger charge is -2.12. The molecule has 0 aliphatic carbocycles. The van der Waals surface area contributed by atoms with Crippen molar-refractivity contribution in [1.82, 2.24) is 5.32 Å². The Morgan fingerprint density at radius 2 is 1.78 bits per heavy atom. The van der Waals surface area contributed by atoms with Crippen molar-refractivity contribution >= 4 is 50.5 Å². The van der Waals surface area contributed by atoms with Crippen molar-refractivity contribution in [3.05, 3.63) is 86.4 Å². The molecule has 0 bridgehead atoms. The number of nitrogens with zero attached hydrogens (tertiary/aromatic N) is 1. The SMILES string of the molecule is CS(=O)(=O)c1ccc(C(=O)NCc2ccc(Cl)c(Oc3cc(Cl)cc(C#N)c3)c2)c(Cl)c1. The van der Waals surface area contributed by atoms with Gasteiger partial charge in [-0.2, -0.15) is 5.26 Å². The average Bonchev–Trinajstić information content (AvgIpc) is 2.72. The van der Waals surface area contributed by atoms with Gasteiger partial charge >= 0.3 is 0 Å². The molecular weight excluding hydrogens is 495 g/mol. The van der Waals surface area contributed by atoms with Crippen LogP contribution in [-0.2, 0) is 16.4 Å². The van der Waals surface area contributed by atoms with Gasteiger partial charge in [0.15, 0.2) is 9.84 Å². The van der Waals surface area contributed by atoms with E-state index in [1.807, 2.05) is 6.07 Å². The molecule has 0 heterocycles. The number of sulfone groups is 1. The van der Waals surface area contributed by atoms with Gasteiger partial charge in [0, 0.05) is 17.8 Å². The van der Waals surface area contributed by atoms with Crippen LogP contribution in [0.1, 0.15) is 21.5 Å². The first-order valence-electron chi connectivity index (χ1n) is 9.01. The van der Waals surface area contributed by atoms with Crippen LogP contribution < -0.4 is 10.1 Å². The molecule has 0 radical (unpaired) electrons. The second-order valence-corrected chi connectivity index (χ2v) is 10.0. The van der Waals surface area contributed by atoms with Crippen molar-refractivity contribution in [2.24, 2.45) is 0 Å². The highest BCUT2D eigenvalue weighted by Gasteiger charge is 2.15. The van der Waals surface area contributed by atoms with Crippen LogP contribution in [-0.4, -0.2) is 20.6 Å². The van der Waals surface area contributed by atoms with Crippen molar-refractivity contribution in [2.45, 2.75) is 11.4 Å². The van der Waals surface area contributed by atoms with Gasteiger partial charge in [-0.3, -0.25) is 4.79 Å². The monoisotopic (exact) mass is 508 g/mol. The summed E-state index contributed by atoms with van der Waals surface area (Å²) in [5.74, 6) is 0.191. The summed E-state index contributed by atoms with van der Waals surface area (Å²) in [5.41, 5.74) is 1.17. The van der Waals surface area contributed by atoms with Crippen LogP contribution in [0.3, 0.4) is 0 Å². The van der Waals surface area contributed by atoms with E-state index in [1.165, 1.54) is 30.3 Å². The predicted octanol–water partition coefficient (Wildman–Crippen LogP) is 5.64. The quantitative estimate of drug-likeness (QED) is 0.463. The molecule has 0 unspecified atom stereocenters. The molecule has 0 saturated heterocycles. The van der Waals surface area contributed by atoms with Crippen LogP contribution >= 0.6 is 34.8 Å². The van der Waals surface area contributed by atoms with E-state index in [-0.39, 0.29) is 22.0 Å². The summed E-state index contributed by atoms with van der Waals surface area (Å²) in [6.45, 7) is 0.134. The van der Waals surface area contributed by atoms with Crippen LogP contribution in [0.5, 0.6) is 11.5 Å². The second kappa shape index (κ2) is 9.80. The number of hydrogen-bond acceptors (Lipinski definition) is 5. The summed E-state index contributed by atoms with van der Waals surface area (Å²) >= 11 is 18.3. The number of benzene rings is 3. The number of ether oxygens (including phenoxy) is 1. The van der Waals surface area contributed by atoms with Gasteiger partial charge in [0.1, 0.15) is 11.5 Å². The molecule has 3 aromatic carbocycles. The Bertz CT molecular complexity index is 1350. The minimum Gasteiger partial charge on any atom is -0.456 e. The van der Waals surface area contributed by atoms with E-state index in [2.05, 4.69) is 5.32 Å². The van der Waals surface area contributed by atoms with Gasteiger partial charge in [-0.05, 0) is 54.1 Å². The molecule has 3 aromatic rings. The van der Waals surface area contributed by atoms with Crippen LogP contribution in [0.2, 0.25) is 15.1 Å². The summed E-state index contributed by atoms with van der Waals surface area (Å²) in [4.78, 5) is 12.5. The Labute approximate surface area is 200 Å². The van der Waals surface area contributed by atoms with Gasteiger partial charge in [-0.25, -0.2) is 8.42 Å². The van der Waals surface area contributed by atoms with Gasteiger partial charge in [0.2, 0.25) is 0 Å². The fourth-order valence-corrected chi connectivity index (χ4v) is 4.10. The molecule has 0 aromatic heterocycles. The van der Waals surface area contributed by atoms with E-state index in [0.717, 1.165) is 6.26 Å². The third-order valence-corrected chi connectivity index (χ3v) is 6.24. The summed E-state index contributed by atoms with van der Waals surface area (Å²) in [6, 6.07) is 15.5. The van der Waals surface area contributed by atoms with Gasteiger partial charge < -0.3 is 10.1 Å². The highest BCUT2D eigenvalue weighted by molar-refractivity contribution is 7.90. The molecule has 0 atom stereocenters. The fraction of sp³-hybridized carbons (Fsp3) is 0.0909. The number of nitriles is 1. The highest BCUT2D eigenvalue weighted by Crippen LogP contribution is 2.32. The van der Waals surface area contributed by atoms with Gasteiger partial charge in [0.05, 0.1) is 32.1 Å². The van der Waals surface area contributed by atoms with E-state index < -0.39 is 15.7 Å². The first-order valence-corrected chi connectivity index (χ1v) is 12.0. The third kappa shape index (κ3) is 5.93. The Hall–Kier alpha value is -2.76. The number of halogens is 3. The topological polar surface area (TPSA) is 96.3 Å². The molecule has 10 heteroatoms. The minimum atomic E-state index is -3.43. The number of nitrogens with one attached hydrogen (secondary N) is 1. The first-order chi connectivity index (χ1) is 15.1. The minimum absolute atomic E-state index is 0.0270. The lowest BCUT2D eigenvalue weighted by molar-refractivity contribution is 0.0951. The lowest BCUT2D eigenvalue weighted by atomic mass is 10.2. The van der Waals surface area contributed by atoms with E-state index in [4.69, 9.17) is 44.8 Å². The van der Waals surface area contributed by atoms with Gasteiger partial charge in [-0.15, -0.1) is 0 Å². The standard InChI is InChI=1S/C22H15Cl3N2O4S/c1-32(29,30)17-3-4-18(20(25)10-17)22(28)27-12-13-2-5-19(24)21(8-13)31-16-7-14(11-26)6-15(23)9-16/h2-10H,12H2,1H3,(H,27,28). The van der Waals surface area contributed by atoms with Gasteiger partial charge in [0.25, 0.3) is 5.91 Å². The number of carbonyl (C=O) groups excluding carboxylic acids is 1. The Morgan fingerprint density at radius 3 is 2.44 bits per heavy atom. The molecule has 0 spiro atoms. The van der Waals surface area contributed by atoms with Crippen molar-refractivity contribution in [3.63, 3.8) is 0 Å². The highest BCUT2D eigenvalue weighted by atomic mass is 35.5. The number of amides is 1. The zero-order valence-electron chi connectivity index (χ0n) is 16.5. The summed E-state index contributed by atoms with van der Waals surface area (Å²) in [5, 5.41) is 12.5. The Morgan fingerprint density at radius 1 is 1.03 bits per heavy atom. The number of rotatable bonds is 6. The predicted molar refractivity (Wildman–Crippen MR) is 123 cm³/mol. The van der Waals surface area contributed by atoms with E-state index in [0.29, 0.717) is 32.7 Å². The molecule has 0 fully saturated rings. The molecule has 1 N–H and O–H groups in total. The lowest BCUT2D eigenvalue weighted by Crippen LogP contribution is -2.23. The number of carbonyl (C=O) groups is 1. The smallest absolute Gasteiger partial charge is 0.253 e. The molecule has 6 nitrogen and oxygen atoms in total. The third-order valence-electron chi connectivity index (χ3n) is 4.29. The maximum atomic E-state index is 12.5. The Kier molecular flexibility index (Phi) is 7.32. The molecule has 1 amide bonds. The van der Waals surface area contributed by atoms with E-state index >= 15 is 0 Å². The van der Waals surface area contributed by atoms with Crippen molar-refractivity contribution < 1.29 is 17.9 Å². The fourth-order valence-electron chi connectivity index (χ4n) is 2.74. The van der Waals surface area contributed by atoms with E-state index in [9.17, 15) is 13.2 Å². The van der Waals surface area contributed by atoms with Crippen molar-refractivity contribution in [1.29, 1.82) is 5.26 Å². The average molecular weight is 510 g/mol. The normalized spacial score (nSPS) is 11.0. The summed E-state index contributed by atoms with van der Waals surface area (Å²) < 4.78 is 29.0. The van der Waals surface area contributed by atoms with Crippen LogP contribution in [0.15, 0.2) is 59.5 Å². The van der Waals surface area contributed by atoms with Crippen molar-refractivity contribution in [3.8, 4) is 17.6 Å². The zero-order chi connectivity index (χ0) is 23.5. The molecule has 164 valence electrons. The van der Waals surface area contributed by atoms with Crippen LogP contribution in [0.4, 0.5) is 0 Å². The maximum absolute atomic E-state index is 12.5. The summed E-state index contributed by atoms with van der Waals surface area (Å²) in [6.07, 6.45) is 1.06. The summed E-state index contributed by atoms with van der Waals surface area (Å²) in [7, 11) is -3.43.